The zero-order valence-electron chi connectivity index (χ0n) is 11.5. The van der Waals surface area contributed by atoms with Crippen molar-refractivity contribution in [2.75, 3.05) is 21.3 Å². The normalized spacial score (nSPS) is 12.2. The van der Waals surface area contributed by atoms with Crippen LogP contribution in [0.1, 0.15) is 17.2 Å². The van der Waals surface area contributed by atoms with E-state index in [4.69, 9.17) is 9.47 Å². The summed E-state index contributed by atoms with van der Waals surface area (Å²) in [6, 6.07) is 8.35. The van der Waals surface area contributed by atoms with Crippen LogP contribution in [-0.4, -0.2) is 21.3 Å². The standard InChI is InChI=1S/C15H19NO2S/c1-16-13(9-11-7-8-19-10-11)12-5-4-6-14(17-2)15(12)18-3/h4-8,10,13,16H,9H2,1-3H3. The number of rotatable bonds is 6. The topological polar surface area (TPSA) is 30.5 Å². The summed E-state index contributed by atoms with van der Waals surface area (Å²) in [5, 5.41) is 7.63. The number of benzene rings is 1. The predicted octanol–water partition coefficient (Wildman–Crippen LogP) is 3.27. The number of thiophene rings is 1. The highest BCUT2D eigenvalue weighted by Crippen LogP contribution is 2.35. The van der Waals surface area contributed by atoms with Crippen LogP contribution in [0.25, 0.3) is 0 Å². The maximum absolute atomic E-state index is 5.51. The third-order valence-corrected chi connectivity index (χ3v) is 3.91. The number of methoxy groups -OCH3 is 2. The molecule has 0 bridgehead atoms. The number of hydrogen-bond donors (Lipinski definition) is 1. The van der Waals surface area contributed by atoms with Gasteiger partial charge >= 0.3 is 0 Å². The van der Waals surface area contributed by atoms with E-state index in [2.05, 4.69) is 28.2 Å². The van der Waals surface area contributed by atoms with Gasteiger partial charge in [-0.3, -0.25) is 0 Å². The van der Waals surface area contributed by atoms with E-state index in [9.17, 15) is 0 Å². The first-order valence-electron chi connectivity index (χ1n) is 6.19. The molecule has 1 unspecified atom stereocenters. The largest absolute Gasteiger partial charge is 0.493 e. The lowest BCUT2D eigenvalue weighted by molar-refractivity contribution is 0.347. The lowest BCUT2D eigenvalue weighted by Gasteiger charge is -2.20. The van der Waals surface area contributed by atoms with Crippen molar-refractivity contribution in [1.82, 2.24) is 5.32 Å². The molecule has 0 saturated carbocycles. The van der Waals surface area contributed by atoms with Crippen molar-refractivity contribution in [3.63, 3.8) is 0 Å². The van der Waals surface area contributed by atoms with Gasteiger partial charge in [-0.15, -0.1) is 0 Å². The minimum Gasteiger partial charge on any atom is -0.493 e. The fraction of sp³-hybridized carbons (Fsp3) is 0.333. The maximum Gasteiger partial charge on any atom is 0.165 e. The third-order valence-electron chi connectivity index (χ3n) is 3.18. The average Bonchev–Trinajstić information content (AvgIpc) is 2.96. The summed E-state index contributed by atoms with van der Waals surface area (Å²) in [5.41, 5.74) is 2.45. The van der Waals surface area contributed by atoms with Gasteiger partial charge in [0.1, 0.15) is 0 Å². The molecule has 0 amide bonds. The number of likely N-dealkylation sites (N-methyl/N-ethyl adjacent to an activating group) is 1. The van der Waals surface area contributed by atoms with Crippen LogP contribution in [-0.2, 0) is 6.42 Å². The molecule has 0 fully saturated rings. The summed E-state index contributed by atoms with van der Waals surface area (Å²) in [7, 11) is 5.31. The van der Waals surface area contributed by atoms with Crippen LogP contribution in [0.5, 0.6) is 11.5 Å². The minimum absolute atomic E-state index is 0.208. The van der Waals surface area contributed by atoms with Crippen molar-refractivity contribution in [3.05, 3.63) is 46.2 Å². The van der Waals surface area contributed by atoms with Gasteiger partial charge in [0.25, 0.3) is 0 Å². The summed E-state index contributed by atoms with van der Waals surface area (Å²) in [6.07, 6.45) is 0.934. The summed E-state index contributed by atoms with van der Waals surface area (Å²) in [6.45, 7) is 0. The van der Waals surface area contributed by atoms with Gasteiger partial charge in [-0.1, -0.05) is 12.1 Å². The number of hydrogen-bond acceptors (Lipinski definition) is 4. The Kier molecular flexibility index (Phi) is 4.82. The zero-order chi connectivity index (χ0) is 13.7. The van der Waals surface area contributed by atoms with Crippen LogP contribution in [0.4, 0.5) is 0 Å². The Balaban J connectivity index is 2.32. The third kappa shape index (κ3) is 3.08. The lowest BCUT2D eigenvalue weighted by atomic mass is 9.99. The highest BCUT2D eigenvalue weighted by Gasteiger charge is 2.18. The number of ether oxygens (including phenoxy) is 2. The SMILES string of the molecule is CNC(Cc1ccsc1)c1cccc(OC)c1OC. The summed E-state index contributed by atoms with van der Waals surface area (Å²) in [5.74, 6) is 1.57. The first-order valence-corrected chi connectivity index (χ1v) is 7.13. The van der Waals surface area contributed by atoms with Gasteiger partial charge in [0, 0.05) is 11.6 Å². The zero-order valence-corrected chi connectivity index (χ0v) is 12.3. The minimum atomic E-state index is 0.208. The Bertz CT molecular complexity index is 511. The molecule has 0 radical (unpaired) electrons. The maximum atomic E-state index is 5.51. The number of para-hydroxylation sites is 1. The molecule has 0 aliphatic carbocycles. The Hall–Kier alpha value is -1.52. The van der Waals surface area contributed by atoms with Gasteiger partial charge in [0.15, 0.2) is 11.5 Å². The molecule has 1 aromatic heterocycles. The van der Waals surface area contributed by atoms with Crippen LogP contribution >= 0.6 is 11.3 Å². The first kappa shape index (κ1) is 13.9. The Morgan fingerprint density at radius 3 is 2.63 bits per heavy atom. The lowest BCUT2D eigenvalue weighted by Crippen LogP contribution is -2.19. The predicted molar refractivity (Wildman–Crippen MR) is 79.4 cm³/mol. The van der Waals surface area contributed by atoms with Crippen LogP contribution in [0.3, 0.4) is 0 Å². The molecule has 1 heterocycles. The molecular formula is C15H19NO2S. The fourth-order valence-electron chi connectivity index (χ4n) is 2.20. The fourth-order valence-corrected chi connectivity index (χ4v) is 2.88. The van der Waals surface area contributed by atoms with E-state index in [1.165, 1.54) is 5.56 Å². The van der Waals surface area contributed by atoms with Gasteiger partial charge in [0.05, 0.1) is 14.2 Å². The Morgan fingerprint density at radius 2 is 2.05 bits per heavy atom. The summed E-state index contributed by atoms with van der Waals surface area (Å²) < 4.78 is 10.9. The van der Waals surface area contributed by atoms with Crippen LogP contribution in [0.15, 0.2) is 35.0 Å². The molecular weight excluding hydrogens is 258 g/mol. The van der Waals surface area contributed by atoms with Crippen LogP contribution < -0.4 is 14.8 Å². The van der Waals surface area contributed by atoms with E-state index in [1.54, 1.807) is 25.6 Å². The van der Waals surface area contributed by atoms with Crippen molar-refractivity contribution in [1.29, 1.82) is 0 Å². The Labute approximate surface area is 118 Å². The molecule has 1 aromatic carbocycles. The van der Waals surface area contributed by atoms with E-state index in [0.29, 0.717) is 0 Å². The highest BCUT2D eigenvalue weighted by atomic mass is 32.1. The summed E-state index contributed by atoms with van der Waals surface area (Å²) >= 11 is 1.72. The van der Waals surface area contributed by atoms with E-state index >= 15 is 0 Å². The van der Waals surface area contributed by atoms with E-state index in [0.717, 1.165) is 23.5 Å². The molecule has 2 aromatic rings. The van der Waals surface area contributed by atoms with Crippen molar-refractivity contribution < 1.29 is 9.47 Å². The molecule has 1 atom stereocenters. The molecule has 19 heavy (non-hydrogen) atoms. The van der Waals surface area contributed by atoms with Gasteiger partial charge in [-0.2, -0.15) is 11.3 Å². The number of nitrogens with one attached hydrogen (secondary N) is 1. The monoisotopic (exact) mass is 277 g/mol. The van der Waals surface area contributed by atoms with E-state index in [1.807, 2.05) is 19.2 Å². The second-order valence-corrected chi connectivity index (χ2v) is 5.04. The highest BCUT2D eigenvalue weighted by molar-refractivity contribution is 7.07. The average molecular weight is 277 g/mol. The van der Waals surface area contributed by atoms with Crippen molar-refractivity contribution in [3.8, 4) is 11.5 Å². The van der Waals surface area contributed by atoms with Crippen LogP contribution in [0, 0.1) is 0 Å². The molecule has 0 spiro atoms. The molecule has 2 rings (SSSR count). The van der Waals surface area contributed by atoms with Crippen LogP contribution in [0.2, 0.25) is 0 Å². The molecule has 0 aliphatic rings. The van der Waals surface area contributed by atoms with Gasteiger partial charge < -0.3 is 14.8 Å². The molecule has 4 heteroatoms. The quantitative estimate of drug-likeness (QED) is 0.879. The molecule has 0 saturated heterocycles. The van der Waals surface area contributed by atoms with Gasteiger partial charge in [-0.05, 0) is 41.9 Å². The smallest absolute Gasteiger partial charge is 0.165 e. The van der Waals surface area contributed by atoms with Gasteiger partial charge in [-0.25, -0.2) is 0 Å². The second-order valence-electron chi connectivity index (χ2n) is 4.26. The Morgan fingerprint density at radius 1 is 1.21 bits per heavy atom. The molecule has 3 nitrogen and oxygen atoms in total. The molecule has 102 valence electrons. The van der Waals surface area contributed by atoms with Crippen molar-refractivity contribution in [2.45, 2.75) is 12.5 Å². The second kappa shape index (κ2) is 6.59. The molecule has 1 N–H and O–H groups in total. The molecule has 0 aliphatic heterocycles. The van der Waals surface area contributed by atoms with E-state index in [-0.39, 0.29) is 6.04 Å². The van der Waals surface area contributed by atoms with Crippen molar-refractivity contribution >= 4 is 11.3 Å². The van der Waals surface area contributed by atoms with Crippen molar-refractivity contribution in [2.24, 2.45) is 0 Å². The summed E-state index contributed by atoms with van der Waals surface area (Å²) in [4.78, 5) is 0. The first-order chi connectivity index (χ1) is 9.30. The van der Waals surface area contributed by atoms with E-state index < -0.39 is 0 Å². The van der Waals surface area contributed by atoms with Gasteiger partial charge in [0.2, 0.25) is 0 Å².